The van der Waals surface area contributed by atoms with Crippen molar-refractivity contribution in [1.29, 1.82) is 0 Å². The second-order valence-corrected chi connectivity index (χ2v) is 11.3. The molecular weight excluding hydrogens is 482 g/mol. The van der Waals surface area contributed by atoms with Crippen LogP contribution in [0.3, 0.4) is 0 Å². The molecule has 0 saturated heterocycles. The number of para-hydroxylation sites is 1. The molecule has 1 aliphatic rings. The Bertz CT molecular complexity index is 1390. The van der Waals surface area contributed by atoms with Gasteiger partial charge in [0.15, 0.2) is 21.3 Å². The van der Waals surface area contributed by atoms with Gasteiger partial charge in [0.05, 0.1) is 4.90 Å². The van der Waals surface area contributed by atoms with Gasteiger partial charge in [0, 0.05) is 35.7 Å². The van der Waals surface area contributed by atoms with Crippen LogP contribution >= 0.6 is 0 Å². The van der Waals surface area contributed by atoms with Gasteiger partial charge in [0.1, 0.15) is 12.3 Å². The van der Waals surface area contributed by atoms with Crippen LogP contribution in [0.1, 0.15) is 33.3 Å². The number of fused-ring (bicyclic) bond motifs is 2. The zero-order valence-electron chi connectivity index (χ0n) is 20.9. The third-order valence-electron chi connectivity index (χ3n) is 6.04. The molecule has 2 amide bonds. The fourth-order valence-corrected chi connectivity index (χ4v) is 5.94. The second-order valence-electron chi connectivity index (χ2n) is 9.35. The molecule has 2 heterocycles. The van der Waals surface area contributed by atoms with Gasteiger partial charge in [-0.1, -0.05) is 24.3 Å². The van der Waals surface area contributed by atoms with Crippen molar-refractivity contribution in [1.82, 2.24) is 14.8 Å². The van der Waals surface area contributed by atoms with Gasteiger partial charge in [-0.2, -0.15) is 0 Å². The molecule has 0 saturated carbocycles. The van der Waals surface area contributed by atoms with E-state index in [-0.39, 0.29) is 42.8 Å². The maximum Gasteiger partial charge on any atom is 0.242 e. The molecule has 1 N–H and O–H groups in total. The zero-order chi connectivity index (χ0) is 26.0. The molecule has 0 atom stereocenters. The summed E-state index contributed by atoms with van der Waals surface area (Å²) in [4.78, 5) is 27.4. The summed E-state index contributed by atoms with van der Waals surface area (Å²) in [5.74, 6) is -0.209. The van der Waals surface area contributed by atoms with E-state index >= 15 is 0 Å². The van der Waals surface area contributed by atoms with Crippen LogP contribution in [-0.4, -0.2) is 54.3 Å². The van der Waals surface area contributed by atoms with E-state index in [1.165, 1.54) is 6.20 Å². The molecule has 4 rings (SSSR count). The van der Waals surface area contributed by atoms with Gasteiger partial charge in [-0.05, 0) is 51.5 Å². The van der Waals surface area contributed by atoms with Crippen LogP contribution in [0.5, 0.6) is 11.5 Å². The number of carbonyl (C=O) groups is 2. The smallest absolute Gasteiger partial charge is 0.242 e. The molecule has 1 aromatic heterocycles. The Kier molecular flexibility index (Phi) is 7.26. The van der Waals surface area contributed by atoms with Crippen LogP contribution in [0, 0.1) is 0 Å². The number of carbonyl (C=O) groups excluding carboxylic acids is 2. The fourth-order valence-electron chi connectivity index (χ4n) is 4.54. The van der Waals surface area contributed by atoms with E-state index in [0.29, 0.717) is 22.4 Å². The lowest BCUT2D eigenvalue weighted by Gasteiger charge is -2.31. The lowest BCUT2D eigenvalue weighted by molar-refractivity contribution is -0.135. The van der Waals surface area contributed by atoms with E-state index in [4.69, 9.17) is 9.47 Å². The molecule has 36 heavy (non-hydrogen) atoms. The summed E-state index contributed by atoms with van der Waals surface area (Å²) in [6.07, 6.45) is 1.46. The van der Waals surface area contributed by atoms with Crippen molar-refractivity contribution in [3.05, 3.63) is 54.2 Å². The highest BCUT2D eigenvalue weighted by atomic mass is 32.2. The summed E-state index contributed by atoms with van der Waals surface area (Å²) in [7, 11) is -3.97. The van der Waals surface area contributed by atoms with Gasteiger partial charge < -0.3 is 24.3 Å². The number of aromatic nitrogens is 1. The highest BCUT2D eigenvalue weighted by molar-refractivity contribution is 7.92. The first-order chi connectivity index (χ1) is 17.1. The molecule has 10 heteroatoms. The first-order valence-corrected chi connectivity index (χ1v) is 13.5. The van der Waals surface area contributed by atoms with Gasteiger partial charge in [-0.25, -0.2) is 8.42 Å². The third kappa shape index (κ3) is 5.33. The van der Waals surface area contributed by atoms with Crippen molar-refractivity contribution in [3.8, 4) is 11.5 Å². The minimum absolute atomic E-state index is 0.00268. The topological polar surface area (TPSA) is 107 Å². The highest BCUT2D eigenvalue weighted by Gasteiger charge is 2.26. The van der Waals surface area contributed by atoms with E-state index < -0.39 is 21.5 Å². The molecule has 2 aromatic carbocycles. The Balaban J connectivity index is 1.51. The molecule has 0 unspecified atom stereocenters. The maximum absolute atomic E-state index is 13.3. The maximum atomic E-state index is 13.3. The molecule has 0 fully saturated rings. The van der Waals surface area contributed by atoms with Crippen LogP contribution < -0.4 is 14.8 Å². The van der Waals surface area contributed by atoms with Gasteiger partial charge in [-0.3, -0.25) is 9.59 Å². The van der Waals surface area contributed by atoms with Gasteiger partial charge in [-0.15, -0.1) is 0 Å². The van der Waals surface area contributed by atoms with Crippen molar-refractivity contribution in [2.45, 2.75) is 57.8 Å². The Morgan fingerprint density at radius 3 is 2.44 bits per heavy atom. The second kappa shape index (κ2) is 10.2. The van der Waals surface area contributed by atoms with Crippen molar-refractivity contribution in [3.63, 3.8) is 0 Å². The normalized spacial score (nSPS) is 12.9. The van der Waals surface area contributed by atoms with Crippen LogP contribution in [0.2, 0.25) is 0 Å². The van der Waals surface area contributed by atoms with Crippen LogP contribution in [0.25, 0.3) is 10.9 Å². The third-order valence-corrected chi connectivity index (χ3v) is 7.68. The van der Waals surface area contributed by atoms with E-state index in [2.05, 4.69) is 5.32 Å². The van der Waals surface area contributed by atoms with E-state index in [0.717, 1.165) is 5.56 Å². The molecule has 1 aliphatic heterocycles. The minimum atomic E-state index is -3.97. The van der Waals surface area contributed by atoms with Crippen molar-refractivity contribution in [2.75, 3.05) is 12.5 Å². The first-order valence-electron chi connectivity index (χ1n) is 11.8. The number of nitrogens with zero attached hydrogens (tertiary/aromatic N) is 2. The number of nitrogens with one attached hydrogen (secondary N) is 1. The van der Waals surface area contributed by atoms with Gasteiger partial charge >= 0.3 is 0 Å². The molecule has 0 bridgehead atoms. The van der Waals surface area contributed by atoms with Crippen LogP contribution in [0.4, 0.5) is 0 Å². The van der Waals surface area contributed by atoms with E-state index in [9.17, 15) is 18.0 Å². The monoisotopic (exact) mass is 513 g/mol. The predicted octanol–water partition coefficient (Wildman–Crippen LogP) is 3.11. The molecular formula is C26H31N3O6S. The number of ether oxygens (including phenoxy) is 2. The number of sulfone groups is 1. The lowest BCUT2D eigenvalue weighted by atomic mass is 10.2. The van der Waals surface area contributed by atoms with E-state index in [1.807, 2.05) is 27.7 Å². The largest absolute Gasteiger partial charge is 0.454 e. The lowest BCUT2D eigenvalue weighted by Crippen LogP contribution is -2.43. The number of amides is 2. The SMILES string of the molecule is CC(C)N(C(=O)Cn1cc(S(=O)(=O)CC(=O)NCc2ccc3c(c2)OCO3)c2ccccc21)C(C)C. The van der Waals surface area contributed by atoms with Crippen LogP contribution in [0.15, 0.2) is 53.6 Å². The Labute approximate surface area is 210 Å². The standard InChI is InChI=1S/C26H31N3O6S/c1-17(2)29(18(3)4)26(31)14-28-13-24(20-7-5-6-8-21(20)28)36(32,33)15-25(30)27-12-19-9-10-22-23(11-19)35-16-34-22/h5-11,13,17-18H,12,14-16H2,1-4H3,(H,27,30). The van der Waals surface area contributed by atoms with Crippen molar-refractivity contribution < 1.29 is 27.5 Å². The Hall–Kier alpha value is -3.53. The number of benzene rings is 2. The summed E-state index contributed by atoms with van der Waals surface area (Å²) < 4.78 is 38.8. The van der Waals surface area contributed by atoms with Gasteiger partial charge in [0.2, 0.25) is 18.6 Å². The van der Waals surface area contributed by atoms with Crippen LogP contribution in [-0.2, 0) is 32.5 Å². The van der Waals surface area contributed by atoms with Crippen molar-refractivity contribution >= 4 is 32.6 Å². The van der Waals surface area contributed by atoms with Gasteiger partial charge in [0.25, 0.3) is 0 Å². The Morgan fingerprint density at radius 2 is 1.72 bits per heavy atom. The quantitative estimate of drug-likeness (QED) is 0.471. The minimum Gasteiger partial charge on any atom is -0.454 e. The summed E-state index contributed by atoms with van der Waals surface area (Å²) in [6, 6.07) is 12.3. The molecule has 0 spiro atoms. The molecule has 192 valence electrons. The highest BCUT2D eigenvalue weighted by Crippen LogP contribution is 2.32. The zero-order valence-corrected chi connectivity index (χ0v) is 21.7. The van der Waals surface area contributed by atoms with Crippen molar-refractivity contribution in [2.24, 2.45) is 0 Å². The molecule has 3 aromatic rings. The summed E-state index contributed by atoms with van der Waals surface area (Å²) in [6.45, 7) is 8.10. The number of rotatable bonds is 9. The number of hydrogen-bond acceptors (Lipinski definition) is 6. The molecule has 0 radical (unpaired) electrons. The molecule has 0 aliphatic carbocycles. The molecule has 9 nitrogen and oxygen atoms in total. The number of hydrogen-bond donors (Lipinski definition) is 1. The summed E-state index contributed by atoms with van der Waals surface area (Å²) >= 11 is 0. The average molecular weight is 514 g/mol. The van der Waals surface area contributed by atoms with E-state index in [1.54, 1.807) is 51.9 Å². The predicted molar refractivity (Wildman–Crippen MR) is 136 cm³/mol. The average Bonchev–Trinajstić information content (AvgIpc) is 3.42. The summed E-state index contributed by atoms with van der Waals surface area (Å²) in [5, 5.41) is 3.14. The Morgan fingerprint density at radius 1 is 1.03 bits per heavy atom. The first kappa shape index (κ1) is 25.6. The fraction of sp³-hybridized carbons (Fsp3) is 0.385. The summed E-state index contributed by atoms with van der Waals surface area (Å²) in [5.41, 5.74) is 1.39.